The van der Waals surface area contributed by atoms with E-state index in [-0.39, 0.29) is 11.3 Å². The van der Waals surface area contributed by atoms with Gasteiger partial charge >= 0.3 is 0 Å². The van der Waals surface area contributed by atoms with Gasteiger partial charge in [0.15, 0.2) is 5.43 Å². The Hall–Kier alpha value is -2.30. The van der Waals surface area contributed by atoms with Crippen LogP contribution in [0.1, 0.15) is 6.92 Å². The van der Waals surface area contributed by atoms with Gasteiger partial charge in [-0.1, -0.05) is 23.7 Å². The maximum absolute atomic E-state index is 12.4. The van der Waals surface area contributed by atoms with Crippen LogP contribution in [-0.4, -0.2) is 11.3 Å². The average molecular weight is 362 g/mol. The molecule has 0 saturated heterocycles. The lowest BCUT2D eigenvalue weighted by Crippen LogP contribution is -2.20. The highest BCUT2D eigenvalue weighted by molar-refractivity contribution is 6.33. The van der Waals surface area contributed by atoms with Gasteiger partial charge in [-0.2, -0.15) is 0 Å². The van der Waals surface area contributed by atoms with Crippen molar-refractivity contribution >= 4 is 45.8 Å². The van der Waals surface area contributed by atoms with E-state index in [0.29, 0.717) is 33.0 Å². The number of nitrogens with one attached hydrogen (secondary N) is 1. The van der Waals surface area contributed by atoms with Gasteiger partial charge in [-0.3, -0.25) is 9.59 Å². The average Bonchev–Trinajstić information content (AvgIpc) is 2.55. The summed E-state index contributed by atoms with van der Waals surface area (Å²) in [5.74, 6) is 0.0531. The fraction of sp³-hybridized carbons (Fsp3) is 0.111. The molecule has 0 aliphatic carbocycles. The van der Waals surface area contributed by atoms with Crippen molar-refractivity contribution in [3.63, 3.8) is 0 Å². The molecular weight excluding hydrogens is 349 g/mol. The van der Waals surface area contributed by atoms with Crippen LogP contribution in [0.5, 0.6) is 0 Å². The number of benzene rings is 2. The number of rotatable bonds is 3. The molecule has 2 aromatic carbocycles. The molecule has 0 aliphatic heterocycles. The minimum Gasteiger partial charge on any atom is -0.456 e. The first kappa shape index (κ1) is 16.6. The van der Waals surface area contributed by atoms with Gasteiger partial charge in [0, 0.05) is 17.3 Å². The molecule has 3 rings (SSSR count). The van der Waals surface area contributed by atoms with E-state index in [2.05, 4.69) is 5.32 Å². The maximum atomic E-state index is 12.4. The predicted octanol–water partition coefficient (Wildman–Crippen LogP) is 4.68. The smallest absolute Gasteiger partial charge is 0.242 e. The molecule has 6 heteroatoms. The lowest BCUT2D eigenvalue weighted by Gasteiger charge is -2.08. The Kier molecular flexibility index (Phi) is 4.60. The summed E-state index contributed by atoms with van der Waals surface area (Å²) in [5, 5.41) is 2.84. The second-order valence-corrected chi connectivity index (χ2v) is 6.33. The summed E-state index contributed by atoms with van der Waals surface area (Å²) in [5.41, 5.74) is 1.32. The van der Waals surface area contributed by atoms with Crippen LogP contribution in [0.15, 0.2) is 57.7 Å². The Morgan fingerprint density at radius 3 is 2.62 bits per heavy atom. The summed E-state index contributed by atoms with van der Waals surface area (Å²) in [4.78, 5) is 24.1. The molecule has 0 bridgehead atoms. The predicted molar refractivity (Wildman–Crippen MR) is 96.9 cm³/mol. The summed E-state index contributed by atoms with van der Waals surface area (Å²) in [7, 11) is 0. The van der Waals surface area contributed by atoms with Crippen LogP contribution in [0.2, 0.25) is 5.02 Å². The maximum Gasteiger partial charge on any atom is 0.242 e. The first-order chi connectivity index (χ1) is 11.5. The number of hydrogen-bond donors (Lipinski definition) is 1. The molecule has 122 valence electrons. The molecule has 1 amide bonds. The number of carbonyl (C=O) groups excluding carboxylic acids is 1. The first-order valence-electron chi connectivity index (χ1n) is 7.23. The highest BCUT2D eigenvalue weighted by Crippen LogP contribution is 2.29. The summed E-state index contributed by atoms with van der Waals surface area (Å²) < 4.78 is 5.79. The Morgan fingerprint density at radius 2 is 1.92 bits per heavy atom. The summed E-state index contributed by atoms with van der Waals surface area (Å²) in [6, 6.07) is 13.4. The van der Waals surface area contributed by atoms with E-state index in [9.17, 15) is 9.59 Å². The SMILES string of the molecule is CC(Cl)C(=O)Nc1ccc2oc(-c3ccccc3Cl)cc(=O)c2c1. The Bertz CT molecular complexity index is 979. The van der Waals surface area contributed by atoms with E-state index >= 15 is 0 Å². The zero-order valence-corrected chi connectivity index (χ0v) is 14.2. The molecule has 3 aromatic rings. The van der Waals surface area contributed by atoms with Gasteiger partial charge < -0.3 is 9.73 Å². The standard InChI is InChI=1S/C18H13Cl2NO3/c1-10(19)18(23)21-11-6-7-16-13(8-11)15(22)9-17(24-16)12-4-2-3-5-14(12)20/h2-10H,1H3,(H,21,23). The van der Waals surface area contributed by atoms with Crippen LogP contribution >= 0.6 is 23.2 Å². The molecule has 1 N–H and O–H groups in total. The second kappa shape index (κ2) is 6.67. The lowest BCUT2D eigenvalue weighted by molar-refractivity contribution is -0.115. The van der Waals surface area contributed by atoms with Gasteiger partial charge in [0.25, 0.3) is 0 Å². The van der Waals surface area contributed by atoms with E-state index < -0.39 is 5.38 Å². The molecule has 0 aliphatic rings. The molecular formula is C18H13Cl2NO3. The third-order valence-electron chi connectivity index (χ3n) is 3.50. The van der Waals surface area contributed by atoms with Crippen molar-refractivity contribution in [3.05, 3.63) is 63.8 Å². The molecule has 0 saturated carbocycles. The fourth-order valence-electron chi connectivity index (χ4n) is 2.27. The van der Waals surface area contributed by atoms with Gasteiger partial charge in [0.1, 0.15) is 16.7 Å². The summed E-state index contributed by atoms with van der Waals surface area (Å²) in [6.45, 7) is 1.57. The van der Waals surface area contributed by atoms with Crippen molar-refractivity contribution in [2.24, 2.45) is 0 Å². The summed E-state index contributed by atoms with van der Waals surface area (Å²) in [6.07, 6.45) is 0. The molecule has 0 fully saturated rings. The second-order valence-electron chi connectivity index (χ2n) is 5.27. The minimum atomic E-state index is -0.667. The van der Waals surface area contributed by atoms with Gasteiger partial charge in [-0.05, 0) is 37.3 Å². The number of hydrogen-bond acceptors (Lipinski definition) is 3. The van der Waals surface area contributed by atoms with E-state index in [1.54, 1.807) is 43.3 Å². The van der Waals surface area contributed by atoms with E-state index in [1.165, 1.54) is 6.07 Å². The fourth-order valence-corrected chi connectivity index (χ4v) is 2.55. The minimum absolute atomic E-state index is 0.221. The van der Waals surface area contributed by atoms with Crippen LogP contribution in [-0.2, 0) is 4.79 Å². The Morgan fingerprint density at radius 1 is 1.17 bits per heavy atom. The molecule has 1 heterocycles. The molecule has 4 nitrogen and oxygen atoms in total. The Balaban J connectivity index is 2.06. The topological polar surface area (TPSA) is 59.3 Å². The van der Waals surface area contributed by atoms with Gasteiger partial charge in [0.2, 0.25) is 5.91 Å². The highest BCUT2D eigenvalue weighted by atomic mass is 35.5. The third kappa shape index (κ3) is 3.30. The normalized spacial score (nSPS) is 12.1. The molecule has 24 heavy (non-hydrogen) atoms. The first-order valence-corrected chi connectivity index (χ1v) is 8.05. The molecule has 1 atom stereocenters. The van der Waals surface area contributed by atoms with Gasteiger partial charge in [-0.15, -0.1) is 11.6 Å². The van der Waals surface area contributed by atoms with Crippen LogP contribution in [0.25, 0.3) is 22.3 Å². The molecule has 0 spiro atoms. The van der Waals surface area contributed by atoms with Crippen molar-refractivity contribution in [1.82, 2.24) is 0 Å². The molecule has 1 unspecified atom stereocenters. The van der Waals surface area contributed by atoms with Crippen molar-refractivity contribution < 1.29 is 9.21 Å². The zero-order valence-electron chi connectivity index (χ0n) is 12.7. The monoisotopic (exact) mass is 361 g/mol. The number of anilines is 1. The van der Waals surface area contributed by atoms with Gasteiger partial charge in [0.05, 0.1) is 10.4 Å². The van der Waals surface area contributed by atoms with Crippen molar-refractivity contribution in [3.8, 4) is 11.3 Å². The van der Waals surface area contributed by atoms with Crippen LogP contribution in [0, 0.1) is 0 Å². The summed E-state index contributed by atoms with van der Waals surface area (Å²) >= 11 is 11.9. The van der Waals surface area contributed by atoms with E-state index in [0.717, 1.165) is 0 Å². The van der Waals surface area contributed by atoms with Crippen LogP contribution in [0.3, 0.4) is 0 Å². The van der Waals surface area contributed by atoms with Crippen molar-refractivity contribution in [2.75, 3.05) is 5.32 Å². The number of carbonyl (C=O) groups is 1. The van der Waals surface area contributed by atoms with Gasteiger partial charge in [-0.25, -0.2) is 0 Å². The largest absolute Gasteiger partial charge is 0.456 e. The van der Waals surface area contributed by atoms with Crippen LogP contribution in [0.4, 0.5) is 5.69 Å². The lowest BCUT2D eigenvalue weighted by atomic mass is 10.1. The number of halogens is 2. The third-order valence-corrected chi connectivity index (χ3v) is 4.02. The van der Waals surface area contributed by atoms with E-state index in [4.69, 9.17) is 27.6 Å². The number of alkyl halides is 1. The molecule has 0 radical (unpaired) electrons. The Labute approximate surface area is 148 Å². The van der Waals surface area contributed by atoms with Crippen LogP contribution < -0.4 is 10.7 Å². The van der Waals surface area contributed by atoms with Crippen molar-refractivity contribution in [1.29, 1.82) is 0 Å². The van der Waals surface area contributed by atoms with Crippen molar-refractivity contribution in [2.45, 2.75) is 12.3 Å². The van der Waals surface area contributed by atoms with E-state index in [1.807, 2.05) is 6.07 Å². The zero-order chi connectivity index (χ0) is 17.3. The number of fused-ring (bicyclic) bond motifs is 1. The number of amides is 1. The quantitative estimate of drug-likeness (QED) is 0.689. The molecule has 1 aromatic heterocycles. The highest BCUT2D eigenvalue weighted by Gasteiger charge is 2.12.